The number of carboxylic acid groups (broad SMARTS) is 2. The van der Waals surface area contributed by atoms with Gasteiger partial charge in [-0.15, -0.1) is 11.3 Å². The Morgan fingerprint density at radius 3 is 2.38 bits per heavy atom. The first-order valence-corrected chi connectivity index (χ1v) is 15.9. The number of thiazole rings is 1. The molecule has 1 aromatic heterocycles. The van der Waals surface area contributed by atoms with E-state index in [2.05, 4.69) is 0 Å². The van der Waals surface area contributed by atoms with Crippen LogP contribution in [0.2, 0.25) is 0 Å². The predicted octanol–water partition coefficient (Wildman–Crippen LogP) is 0.950. The van der Waals surface area contributed by atoms with Gasteiger partial charge >= 0.3 is 11.9 Å². The number of anilines is 1. The van der Waals surface area contributed by atoms with Crippen molar-refractivity contribution in [1.29, 1.82) is 0 Å². The normalized spacial score (nSPS) is 18.5. The lowest BCUT2D eigenvalue weighted by Gasteiger charge is -2.21. The van der Waals surface area contributed by atoms with Crippen molar-refractivity contribution < 1.29 is 37.6 Å². The van der Waals surface area contributed by atoms with Crippen LogP contribution in [0.25, 0.3) is 11.0 Å². The second-order valence-electron chi connectivity index (χ2n) is 8.53. The lowest BCUT2D eigenvalue weighted by molar-refractivity contribution is -0.140. The number of benzene rings is 1. The standard InChI is InChI=1S/C23H21N3O9S5/c1-12(21-24(7-4-8-40(33,34)35)13-5-2-3-6-14(13)37-21)9-15-19(31)25(10-16(27)28)22(38-15)18-20(32)26(11-17(29)30)23(36)39-18/h2-3,5-6,9H,4,7-8,10-11H2,1H3,(H,27,28)(H,29,30)(H,33,34,35)/b15-9?,21-12?,22-18+. The summed E-state index contributed by atoms with van der Waals surface area (Å²) >= 11 is 8.24. The highest BCUT2D eigenvalue weighted by Gasteiger charge is 2.35. The summed E-state index contributed by atoms with van der Waals surface area (Å²) < 4.78 is 32.8. The van der Waals surface area contributed by atoms with Crippen LogP contribution in [-0.2, 0) is 31.0 Å². The molecule has 0 atom stereocenters. The van der Waals surface area contributed by atoms with E-state index in [1.165, 1.54) is 11.8 Å². The van der Waals surface area contributed by atoms with Gasteiger partial charge in [-0.1, -0.05) is 47.9 Å². The Balaban J connectivity index is 1.83. The number of rotatable bonds is 9. The fraction of sp³-hybridized carbons (Fsp3) is 0.261. The lowest BCUT2D eigenvalue weighted by Crippen LogP contribution is -2.36. The molecule has 1 aromatic carbocycles. The number of carbonyl (C=O) groups is 3. The number of fused-ring (bicyclic) bond motifs is 1. The van der Waals surface area contributed by atoms with Gasteiger partial charge in [0.2, 0.25) is 0 Å². The van der Waals surface area contributed by atoms with Crippen LogP contribution in [0.5, 0.6) is 0 Å². The monoisotopic (exact) mass is 643 g/mol. The fourth-order valence-electron chi connectivity index (χ4n) is 3.98. The van der Waals surface area contributed by atoms with E-state index in [0.29, 0.717) is 10.6 Å². The van der Waals surface area contributed by atoms with Gasteiger partial charge in [-0.05, 0) is 37.1 Å². The number of hydrogen-bond acceptors (Lipinski definition) is 11. The van der Waals surface area contributed by atoms with Crippen LogP contribution in [0.1, 0.15) is 13.3 Å². The Labute approximate surface area is 245 Å². The van der Waals surface area contributed by atoms with Gasteiger partial charge in [0.25, 0.3) is 21.6 Å². The Bertz CT molecular complexity index is 1760. The van der Waals surface area contributed by atoms with Gasteiger partial charge in [0.15, 0.2) is 0 Å². The number of para-hydroxylation sites is 1. The molecule has 17 heteroatoms. The Morgan fingerprint density at radius 2 is 1.73 bits per heavy atom. The number of amides is 1. The fourth-order valence-corrected chi connectivity index (χ4v) is 8.18. The van der Waals surface area contributed by atoms with Crippen LogP contribution in [0.3, 0.4) is 0 Å². The van der Waals surface area contributed by atoms with Crippen LogP contribution in [0.15, 0.2) is 44.6 Å². The summed E-state index contributed by atoms with van der Waals surface area (Å²) in [4.78, 5) is 52.6. The third-order valence-electron chi connectivity index (χ3n) is 5.61. The second-order valence-corrected chi connectivity index (χ2v) is 13.8. The molecular formula is C23H21N3O9S5. The quantitative estimate of drug-likeness (QED) is 0.261. The molecule has 2 aromatic rings. The predicted molar refractivity (Wildman–Crippen MR) is 156 cm³/mol. The van der Waals surface area contributed by atoms with Crippen molar-refractivity contribution in [1.82, 2.24) is 9.47 Å². The topological polar surface area (TPSA) is 175 Å². The average Bonchev–Trinajstić information content (AvgIpc) is 3.46. The summed E-state index contributed by atoms with van der Waals surface area (Å²) in [6.45, 7) is 0.622. The summed E-state index contributed by atoms with van der Waals surface area (Å²) in [5, 5.41) is 19.2. The number of nitrogens with zero attached hydrogens (tertiary/aromatic N) is 3. The molecule has 12 nitrogen and oxygen atoms in total. The van der Waals surface area contributed by atoms with Crippen molar-refractivity contribution in [3.05, 3.63) is 54.4 Å². The molecule has 0 aliphatic carbocycles. The van der Waals surface area contributed by atoms with E-state index in [-0.39, 0.29) is 31.4 Å². The van der Waals surface area contributed by atoms with Gasteiger partial charge in [-0.25, -0.2) is 0 Å². The smallest absolute Gasteiger partial charge is 0.323 e. The molecule has 1 saturated heterocycles. The van der Waals surface area contributed by atoms with Crippen LogP contribution < -0.4 is 19.7 Å². The molecule has 0 spiro atoms. The van der Waals surface area contributed by atoms with Crippen LogP contribution >= 0.6 is 47.1 Å². The molecule has 4 rings (SSSR count). The van der Waals surface area contributed by atoms with Crippen molar-refractivity contribution in [2.45, 2.75) is 24.8 Å². The maximum Gasteiger partial charge on any atom is 0.323 e. The number of hydrogen-bond donors (Lipinski definition) is 3. The van der Waals surface area contributed by atoms with Crippen molar-refractivity contribution in [3.8, 4) is 0 Å². The number of thioether (sulfide) groups is 2. The van der Waals surface area contributed by atoms with E-state index in [1.807, 2.05) is 29.2 Å². The molecule has 1 amide bonds. The number of thiocarbonyl (C=S) groups is 1. The van der Waals surface area contributed by atoms with Crippen LogP contribution in [-0.4, -0.2) is 73.7 Å². The minimum atomic E-state index is -4.15. The summed E-state index contributed by atoms with van der Waals surface area (Å²) in [6, 6.07) is 7.44. The highest BCUT2D eigenvalue weighted by molar-refractivity contribution is 8.30. The molecule has 0 bridgehead atoms. The third kappa shape index (κ3) is 6.50. The first-order valence-electron chi connectivity index (χ1n) is 11.4. The summed E-state index contributed by atoms with van der Waals surface area (Å²) in [6.07, 6.45) is 1.71. The van der Waals surface area contributed by atoms with Crippen molar-refractivity contribution in [2.24, 2.45) is 0 Å². The SMILES string of the molecule is CC(C=c1s/c(=C2/SC(=S)N(CC(=O)O)C2=O)n(CC(=O)O)c1=O)=C1Sc2ccccc2N1CCCS(=O)(=O)O. The minimum absolute atomic E-state index is 0.0189. The van der Waals surface area contributed by atoms with E-state index in [4.69, 9.17) is 21.9 Å². The highest BCUT2D eigenvalue weighted by Crippen LogP contribution is 2.47. The first-order chi connectivity index (χ1) is 18.8. The maximum absolute atomic E-state index is 13.3. The van der Waals surface area contributed by atoms with E-state index < -0.39 is 52.4 Å². The molecule has 0 unspecified atom stereocenters. The summed E-state index contributed by atoms with van der Waals surface area (Å²) in [5.41, 5.74) is 0.805. The van der Waals surface area contributed by atoms with E-state index in [1.54, 1.807) is 13.0 Å². The molecule has 0 radical (unpaired) electrons. The van der Waals surface area contributed by atoms with E-state index in [9.17, 15) is 32.7 Å². The molecule has 3 heterocycles. The number of carboxylic acids is 2. The van der Waals surface area contributed by atoms with Crippen molar-refractivity contribution in [2.75, 3.05) is 23.7 Å². The molecule has 212 valence electrons. The zero-order valence-electron chi connectivity index (χ0n) is 20.6. The van der Waals surface area contributed by atoms with Gasteiger partial charge in [0.05, 0.1) is 21.0 Å². The van der Waals surface area contributed by atoms with Crippen LogP contribution in [0, 0.1) is 0 Å². The van der Waals surface area contributed by atoms with Crippen molar-refractivity contribution >= 4 is 96.0 Å². The molecule has 1 fully saturated rings. The maximum atomic E-state index is 13.3. The summed E-state index contributed by atoms with van der Waals surface area (Å²) in [7, 11) is -4.15. The van der Waals surface area contributed by atoms with Gasteiger partial charge in [-0.3, -0.25) is 33.2 Å². The molecule has 3 N–H and O–H groups in total. The molecule has 0 saturated carbocycles. The van der Waals surface area contributed by atoms with Gasteiger partial charge < -0.3 is 15.1 Å². The molecule has 2 aliphatic rings. The van der Waals surface area contributed by atoms with Gasteiger partial charge in [-0.2, -0.15) is 8.42 Å². The molecule has 40 heavy (non-hydrogen) atoms. The molecular weight excluding hydrogens is 623 g/mol. The zero-order chi connectivity index (χ0) is 29.4. The van der Waals surface area contributed by atoms with Gasteiger partial charge in [0.1, 0.15) is 27.0 Å². The zero-order valence-corrected chi connectivity index (χ0v) is 24.7. The molecule has 2 aliphatic heterocycles. The second kappa shape index (κ2) is 11.9. The van der Waals surface area contributed by atoms with Gasteiger partial charge in [0, 0.05) is 11.4 Å². The van der Waals surface area contributed by atoms with Crippen LogP contribution in [0.4, 0.5) is 5.69 Å². The Kier molecular flexibility index (Phi) is 8.91. The van der Waals surface area contributed by atoms with E-state index >= 15 is 0 Å². The Morgan fingerprint density at radius 1 is 1.05 bits per heavy atom. The third-order valence-corrected chi connectivity index (χ3v) is 10.4. The lowest BCUT2D eigenvalue weighted by atomic mass is 10.2. The minimum Gasteiger partial charge on any atom is -0.480 e. The number of aromatic nitrogens is 1. The number of carbonyl (C=O) groups excluding carboxylic acids is 1. The summed E-state index contributed by atoms with van der Waals surface area (Å²) in [5.74, 6) is -3.74. The Hall–Kier alpha value is -2.96. The first kappa shape index (κ1) is 30.0. The van der Waals surface area contributed by atoms with Crippen molar-refractivity contribution in [3.63, 3.8) is 0 Å². The number of allylic oxidation sites excluding steroid dienone is 1. The van der Waals surface area contributed by atoms with E-state index in [0.717, 1.165) is 43.1 Å². The highest BCUT2D eigenvalue weighted by atomic mass is 32.2. The average molecular weight is 644 g/mol. The number of aliphatic carboxylic acids is 2. The largest absolute Gasteiger partial charge is 0.480 e.